The molecule has 0 aliphatic rings. The first-order valence-corrected chi connectivity index (χ1v) is 24.8. The van der Waals surface area contributed by atoms with Crippen molar-refractivity contribution in [3.05, 3.63) is 249 Å². The van der Waals surface area contributed by atoms with Gasteiger partial charge in [-0.15, -0.1) is 0 Å². The van der Waals surface area contributed by atoms with Gasteiger partial charge in [0, 0.05) is 46.8 Å². The Morgan fingerprint density at radius 2 is 0.569 bits per heavy atom. The highest BCUT2D eigenvalue weighted by Crippen LogP contribution is 2.38. The maximum Gasteiger partial charge on any atom is 0.343 e. The molecule has 0 N–H and O–H groups in total. The molecule has 12 heteroatoms. The van der Waals surface area contributed by atoms with E-state index in [1.54, 1.807) is 0 Å². The summed E-state index contributed by atoms with van der Waals surface area (Å²) in [7, 11) is 0. The first kappa shape index (κ1) is 47.5. The normalized spacial score (nSPS) is 10.9. The number of pyridine rings is 3. The Kier molecular flexibility index (Phi) is 14.2. The zero-order chi connectivity index (χ0) is 49.6. The zero-order valence-corrected chi connectivity index (χ0v) is 42.5. The van der Waals surface area contributed by atoms with Crippen molar-refractivity contribution in [2.24, 2.45) is 0 Å². The molecular formula is C60H36Br3N3O6. The van der Waals surface area contributed by atoms with Crippen molar-refractivity contribution in [2.45, 2.75) is 0 Å². The van der Waals surface area contributed by atoms with E-state index in [0.29, 0.717) is 33.8 Å². The highest BCUT2D eigenvalue weighted by molar-refractivity contribution is 9.11. The largest absolute Gasteiger partial charge is 0.421 e. The molecule has 0 saturated heterocycles. The van der Waals surface area contributed by atoms with E-state index in [0.717, 1.165) is 46.8 Å². The van der Waals surface area contributed by atoms with E-state index < -0.39 is 17.9 Å². The zero-order valence-electron chi connectivity index (χ0n) is 37.7. The van der Waals surface area contributed by atoms with Crippen LogP contribution in [0.3, 0.4) is 0 Å². The molecule has 3 aromatic heterocycles. The van der Waals surface area contributed by atoms with Crippen LogP contribution in [0.5, 0.6) is 17.2 Å². The van der Waals surface area contributed by atoms with E-state index >= 15 is 0 Å². The summed E-state index contributed by atoms with van der Waals surface area (Å²) in [5.41, 5.74) is 8.12. The van der Waals surface area contributed by atoms with E-state index in [4.69, 9.17) is 14.2 Å². The van der Waals surface area contributed by atoms with Crippen LogP contribution in [0, 0.1) is 0 Å². The van der Waals surface area contributed by atoms with Crippen LogP contribution in [-0.2, 0) is 0 Å². The molecule has 0 spiro atoms. The second-order valence-corrected chi connectivity index (χ2v) is 19.0. The quantitative estimate of drug-likeness (QED) is 0.110. The number of nitrogens with zero attached hydrogens (tertiary/aromatic N) is 3. The van der Waals surface area contributed by atoms with E-state index in [2.05, 4.69) is 62.7 Å². The van der Waals surface area contributed by atoms with Crippen LogP contribution >= 0.6 is 47.8 Å². The van der Waals surface area contributed by atoms with Gasteiger partial charge >= 0.3 is 17.9 Å². The van der Waals surface area contributed by atoms with Gasteiger partial charge < -0.3 is 14.2 Å². The summed E-state index contributed by atoms with van der Waals surface area (Å²) >= 11 is 10.6. The van der Waals surface area contributed by atoms with Gasteiger partial charge in [0.2, 0.25) is 0 Å². The smallest absolute Gasteiger partial charge is 0.343 e. The van der Waals surface area contributed by atoms with Crippen molar-refractivity contribution in [3.8, 4) is 84.4 Å². The topological polar surface area (TPSA) is 118 Å². The van der Waals surface area contributed by atoms with Gasteiger partial charge in [-0.2, -0.15) is 0 Å². The molecule has 9 nitrogen and oxygen atoms in total. The minimum Gasteiger partial charge on any atom is -0.421 e. The molecule has 0 bridgehead atoms. The Bertz CT molecular complexity index is 3280. The standard InChI is InChI=1S/C60H36Br3N3O6/c61-46-22-10-19-40(28-46)52-31-49(37-13-4-1-5-14-37)55(34-64-52)70-58(67)43-25-44(59(68)71-56-35-65-53(41-20-11-23-47(62)29-41)32-50(56)38-15-6-2-7-16-38)27-45(26-43)60(69)72-57-36-66-54(42-21-12-24-48(63)30-42)33-51(57)39-17-8-3-9-18-39/h1-36H. The van der Waals surface area contributed by atoms with Gasteiger partial charge in [0.05, 0.1) is 52.4 Å². The van der Waals surface area contributed by atoms with Gasteiger partial charge in [0.1, 0.15) is 0 Å². The number of hydrogen-bond donors (Lipinski definition) is 0. The Labute approximate surface area is 439 Å². The number of benzene rings is 7. The molecule has 0 atom stereocenters. The number of aromatic nitrogens is 3. The first-order chi connectivity index (χ1) is 35.1. The average Bonchev–Trinajstić information content (AvgIpc) is 3.41. The number of carbonyl (C=O) groups is 3. The molecule has 3 heterocycles. The highest BCUT2D eigenvalue weighted by atomic mass is 79.9. The average molecular weight is 1130 g/mol. The fraction of sp³-hybridized carbons (Fsp3) is 0. The third-order valence-corrected chi connectivity index (χ3v) is 12.9. The number of hydrogen-bond acceptors (Lipinski definition) is 9. The van der Waals surface area contributed by atoms with Gasteiger partial charge in [0.15, 0.2) is 17.2 Å². The molecule has 10 aromatic rings. The third-order valence-electron chi connectivity index (χ3n) is 11.5. The lowest BCUT2D eigenvalue weighted by atomic mass is 10.0. The monoisotopic (exact) mass is 1130 g/mol. The minimum atomic E-state index is -0.872. The van der Waals surface area contributed by atoms with Crippen LogP contribution in [-0.4, -0.2) is 32.9 Å². The number of carbonyl (C=O) groups excluding carboxylic acids is 3. The van der Waals surface area contributed by atoms with Gasteiger partial charge in [-0.3, -0.25) is 15.0 Å². The van der Waals surface area contributed by atoms with Crippen LogP contribution < -0.4 is 14.2 Å². The van der Waals surface area contributed by atoms with Gasteiger partial charge in [0.25, 0.3) is 0 Å². The summed E-state index contributed by atoms with van der Waals surface area (Å²) in [5.74, 6) is -2.17. The Balaban J connectivity index is 1.04. The molecule has 10 rings (SSSR count). The maximum absolute atomic E-state index is 14.5. The van der Waals surface area contributed by atoms with E-state index in [1.807, 2.05) is 182 Å². The summed E-state index contributed by atoms with van der Waals surface area (Å²) in [6.45, 7) is 0. The molecule has 0 aliphatic heterocycles. The van der Waals surface area contributed by atoms with Crippen LogP contribution in [0.1, 0.15) is 31.1 Å². The molecule has 0 aliphatic carbocycles. The number of ether oxygens (including phenoxy) is 3. The van der Waals surface area contributed by atoms with Gasteiger partial charge in [-0.05, 0) is 89.5 Å². The Morgan fingerprint density at radius 1 is 0.306 bits per heavy atom. The van der Waals surface area contributed by atoms with E-state index in [1.165, 1.54) is 36.8 Å². The van der Waals surface area contributed by atoms with Gasteiger partial charge in [-0.25, -0.2) is 14.4 Å². The summed E-state index contributed by atoms with van der Waals surface area (Å²) in [5, 5.41) is 0. The van der Waals surface area contributed by atoms with Crippen molar-refractivity contribution in [1.82, 2.24) is 15.0 Å². The Morgan fingerprint density at radius 3 is 0.833 bits per heavy atom. The fourth-order valence-electron chi connectivity index (χ4n) is 7.98. The van der Waals surface area contributed by atoms with Crippen LogP contribution in [0.25, 0.3) is 67.2 Å². The lowest BCUT2D eigenvalue weighted by Gasteiger charge is -2.15. The van der Waals surface area contributed by atoms with Gasteiger partial charge in [-0.1, -0.05) is 175 Å². The molecule has 0 fully saturated rings. The first-order valence-electron chi connectivity index (χ1n) is 22.4. The third kappa shape index (κ3) is 10.9. The van der Waals surface area contributed by atoms with Crippen molar-refractivity contribution in [3.63, 3.8) is 0 Å². The van der Waals surface area contributed by atoms with E-state index in [9.17, 15) is 14.4 Å². The second-order valence-electron chi connectivity index (χ2n) is 16.3. The molecule has 0 saturated carbocycles. The SMILES string of the molecule is O=C(Oc1cnc(-c2cccc(Br)c2)cc1-c1ccccc1)c1cc(C(=O)Oc2cnc(-c3cccc(Br)c3)cc2-c2ccccc2)cc(C(=O)Oc2cnc(-c3cccc(Br)c3)cc2-c2ccccc2)c1. The fourth-order valence-corrected chi connectivity index (χ4v) is 9.17. The predicted octanol–water partition coefficient (Wildman–Crippen LogP) is 15.8. The summed E-state index contributed by atoms with van der Waals surface area (Å²) < 4.78 is 21.1. The van der Waals surface area contributed by atoms with Crippen molar-refractivity contribution >= 4 is 65.7 Å². The lowest BCUT2D eigenvalue weighted by Crippen LogP contribution is -2.17. The van der Waals surface area contributed by atoms with Crippen LogP contribution in [0.4, 0.5) is 0 Å². The summed E-state index contributed by atoms with van der Waals surface area (Å²) in [6, 6.07) is 61.0. The number of halogens is 3. The molecular weight excluding hydrogens is 1100 g/mol. The minimum absolute atomic E-state index is 0.135. The molecule has 72 heavy (non-hydrogen) atoms. The summed E-state index contributed by atoms with van der Waals surface area (Å²) in [6.07, 6.45) is 4.45. The Hall–Kier alpha value is -8.16. The van der Waals surface area contributed by atoms with Crippen LogP contribution in [0.15, 0.2) is 232 Å². The second kappa shape index (κ2) is 21.5. The lowest BCUT2D eigenvalue weighted by molar-refractivity contribution is 0.0735. The predicted molar refractivity (Wildman–Crippen MR) is 290 cm³/mol. The maximum atomic E-state index is 14.5. The molecule has 348 valence electrons. The van der Waals surface area contributed by atoms with Crippen molar-refractivity contribution < 1.29 is 28.6 Å². The van der Waals surface area contributed by atoms with E-state index in [-0.39, 0.29) is 33.9 Å². The highest BCUT2D eigenvalue weighted by Gasteiger charge is 2.24. The van der Waals surface area contributed by atoms with Crippen LogP contribution in [0.2, 0.25) is 0 Å². The van der Waals surface area contributed by atoms with Crippen molar-refractivity contribution in [1.29, 1.82) is 0 Å². The van der Waals surface area contributed by atoms with Crippen molar-refractivity contribution in [2.75, 3.05) is 0 Å². The number of esters is 3. The summed E-state index contributed by atoms with van der Waals surface area (Å²) in [4.78, 5) is 57.7. The number of rotatable bonds is 12. The molecule has 0 radical (unpaired) electrons. The molecule has 0 amide bonds. The molecule has 7 aromatic carbocycles. The molecule has 0 unspecified atom stereocenters.